The molecule has 2 heterocycles. The molecule has 0 saturated carbocycles. The van der Waals surface area contributed by atoms with Crippen LogP contribution >= 0.6 is 0 Å². The van der Waals surface area contributed by atoms with Gasteiger partial charge in [0.2, 0.25) is 0 Å². The van der Waals surface area contributed by atoms with E-state index in [9.17, 15) is 14.4 Å². The van der Waals surface area contributed by atoms with E-state index in [1.54, 1.807) is 28.9 Å². The Morgan fingerprint density at radius 1 is 0.833 bits per heavy atom. The van der Waals surface area contributed by atoms with Gasteiger partial charge in [-0.1, -0.05) is 0 Å². The predicted molar refractivity (Wildman–Crippen MR) is 111 cm³/mol. The van der Waals surface area contributed by atoms with Crippen LogP contribution in [-0.4, -0.2) is 71.7 Å². The minimum Gasteiger partial charge on any atom is -0.452 e. The largest absolute Gasteiger partial charge is 0.452 e. The molecular formula is C22H27N3O5. The highest BCUT2D eigenvalue weighted by molar-refractivity contribution is 5.91. The molecule has 1 aliphatic heterocycles. The number of amides is 2. The van der Waals surface area contributed by atoms with Crippen molar-refractivity contribution in [2.75, 3.05) is 39.4 Å². The average molecular weight is 413 g/mol. The van der Waals surface area contributed by atoms with E-state index in [1.165, 1.54) is 0 Å². The van der Waals surface area contributed by atoms with Crippen LogP contribution in [0.5, 0.6) is 0 Å². The second kappa shape index (κ2) is 9.47. The highest BCUT2D eigenvalue weighted by atomic mass is 16.6. The summed E-state index contributed by atoms with van der Waals surface area (Å²) in [4.78, 5) is 39.5. The summed E-state index contributed by atoms with van der Waals surface area (Å²) in [6.07, 6.45) is -0.371. The lowest BCUT2D eigenvalue weighted by Gasteiger charge is -2.33. The first-order valence-corrected chi connectivity index (χ1v) is 10.0. The zero-order valence-corrected chi connectivity index (χ0v) is 17.6. The number of benzene rings is 1. The monoisotopic (exact) mass is 413 g/mol. The molecular weight excluding hydrogens is 386 g/mol. The van der Waals surface area contributed by atoms with Crippen molar-refractivity contribution in [1.29, 1.82) is 0 Å². The highest BCUT2D eigenvalue weighted by Crippen LogP contribution is 2.17. The number of esters is 1. The summed E-state index contributed by atoms with van der Waals surface area (Å²) in [6, 6.07) is 11.2. The van der Waals surface area contributed by atoms with Gasteiger partial charge in [0.25, 0.3) is 5.91 Å². The van der Waals surface area contributed by atoms with Gasteiger partial charge in [-0.15, -0.1) is 0 Å². The van der Waals surface area contributed by atoms with Crippen molar-refractivity contribution in [3.8, 4) is 5.69 Å². The number of nitrogens with zero attached hydrogens (tertiary/aromatic N) is 3. The quantitative estimate of drug-likeness (QED) is 0.704. The maximum absolute atomic E-state index is 12.3. The third-order valence-electron chi connectivity index (χ3n) is 5.12. The number of ether oxygens (including phenoxy) is 2. The summed E-state index contributed by atoms with van der Waals surface area (Å²) in [5.74, 6) is -0.817. The van der Waals surface area contributed by atoms with E-state index >= 15 is 0 Å². The molecule has 1 aliphatic rings. The molecule has 0 aliphatic carbocycles. The number of aryl methyl sites for hydroxylation is 2. The number of piperazine rings is 1. The van der Waals surface area contributed by atoms with Gasteiger partial charge < -0.3 is 23.8 Å². The second-order valence-electron chi connectivity index (χ2n) is 7.14. The highest BCUT2D eigenvalue weighted by Gasteiger charge is 2.25. The molecule has 8 heteroatoms. The fourth-order valence-corrected chi connectivity index (χ4v) is 3.48. The van der Waals surface area contributed by atoms with Crippen LogP contribution in [0.4, 0.5) is 4.79 Å². The number of carbonyl (C=O) groups excluding carboxylic acids is 3. The lowest BCUT2D eigenvalue weighted by Crippen LogP contribution is -2.51. The van der Waals surface area contributed by atoms with Crippen molar-refractivity contribution in [1.82, 2.24) is 14.4 Å². The fourth-order valence-electron chi connectivity index (χ4n) is 3.48. The van der Waals surface area contributed by atoms with Crippen LogP contribution in [0, 0.1) is 13.8 Å². The van der Waals surface area contributed by atoms with Crippen LogP contribution in [-0.2, 0) is 14.3 Å². The first-order valence-electron chi connectivity index (χ1n) is 10.0. The minimum absolute atomic E-state index is 0.276. The Morgan fingerprint density at radius 3 is 1.97 bits per heavy atom. The van der Waals surface area contributed by atoms with Crippen LogP contribution in [0.1, 0.15) is 28.7 Å². The topological polar surface area (TPSA) is 81.1 Å². The van der Waals surface area contributed by atoms with Gasteiger partial charge in [0.15, 0.2) is 6.61 Å². The van der Waals surface area contributed by atoms with Gasteiger partial charge in [0, 0.05) is 43.3 Å². The van der Waals surface area contributed by atoms with Crippen LogP contribution in [0.2, 0.25) is 0 Å². The number of aromatic nitrogens is 1. The molecule has 1 saturated heterocycles. The number of hydrogen-bond donors (Lipinski definition) is 0. The molecule has 0 unspecified atom stereocenters. The smallest absolute Gasteiger partial charge is 0.409 e. The van der Waals surface area contributed by atoms with Gasteiger partial charge in [-0.05, 0) is 57.2 Å². The van der Waals surface area contributed by atoms with E-state index < -0.39 is 5.97 Å². The van der Waals surface area contributed by atoms with Crippen molar-refractivity contribution in [3.05, 3.63) is 53.3 Å². The van der Waals surface area contributed by atoms with Crippen LogP contribution < -0.4 is 0 Å². The number of hydrogen-bond acceptors (Lipinski definition) is 5. The Labute approximate surface area is 176 Å². The average Bonchev–Trinajstić information content (AvgIpc) is 3.10. The molecule has 1 aromatic heterocycles. The van der Waals surface area contributed by atoms with E-state index in [0.717, 1.165) is 17.1 Å². The number of rotatable bonds is 5. The summed E-state index contributed by atoms with van der Waals surface area (Å²) >= 11 is 0. The molecule has 0 radical (unpaired) electrons. The third kappa shape index (κ3) is 4.82. The second-order valence-corrected chi connectivity index (χ2v) is 7.14. The third-order valence-corrected chi connectivity index (χ3v) is 5.12. The first-order chi connectivity index (χ1) is 14.4. The molecule has 0 bridgehead atoms. The van der Waals surface area contributed by atoms with Crippen LogP contribution in [0.15, 0.2) is 36.4 Å². The summed E-state index contributed by atoms with van der Waals surface area (Å²) in [7, 11) is 0. The van der Waals surface area contributed by atoms with E-state index in [-0.39, 0.29) is 18.6 Å². The van der Waals surface area contributed by atoms with Crippen LogP contribution in [0.25, 0.3) is 5.69 Å². The van der Waals surface area contributed by atoms with Gasteiger partial charge in [-0.25, -0.2) is 9.59 Å². The Kier molecular flexibility index (Phi) is 6.76. The summed E-state index contributed by atoms with van der Waals surface area (Å²) in [5.41, 5.74) is 3.57. The van der Waals surface area contributed by atoms with Gasteiger partial charge >= 0.3 is 12.1 Å². The summed E-state index contributed by atoms with van der Waals surface area (Å²) < 4.78 is 12.2. The zero-order valence-electron chi connectivity index (χ0n) is 17.6. The lowest BCUT2D eigenvalue weighted by molar-refractivity contribution is -0.136. The summed E-state index contributed by atoms with van der Waals surface area (Å²) in [5, 5.41) is 0. The molecule has 30 heavy (non-hydrogen) atoms. The Balaban J connectivity index is 1.50. The Bertz CT molecular complexity index is 892. The maximum Gasteiger partial charge on any atom is 0.409 e. The Hall–Kier alpha value is -3.29. The molecule has 3 rings (SSSR count). The Morgan fingerprint density at radius 2 is 1.40 bits per heavy atom. The van der Waals surface area contributed by atoms with Crippen molar-refractivity contribution in [2.45, 2.75) is 20.8 Å². The van der Waals surface area contributed by atoms with Crippen molar-refractivity contribution >= 4 is 18.0 Å². The van der Waals surface area contributed by atoms with Crippen LogP contribution in [0.3, 0.4) is 0 Å². The molecule has 2 amide bonds. The SMILES string of the molecule is CCOC(=O)N1CCN(C(=O)COC(=O)c2ccc(-n3c(C)ccc3C)cc2)CC1. The van der Waals surface area contributed by atoms with E-state index in [1.807, 2.05) is 38.1 Å². The van der Waals surface area contributed by atoms with Gasteiger partial charge in [-0.2, -0.15) is 0 Å². The van der Waals surface area contributed by atoms with Gasteiger partial charge in [0.1, 0.15) is 0 Å². The fraction of sp³-hybridized carbons (Fsp3) is 0.409. The lowest BCUT2D eigenvalue weighted by atomic mass is 10.2. The molecule has 160 valence electrons. The van der Waals surface area contributed by atoms with Crippen molar-refractivity contribution < 1.29 is 23.9 Å². The number of carbonyl (C=O) groups is 3. The maximum atomic E-state index is 12.3. The zero-order chi connectivity index (χ0) is 21.7. The predicted octanol–water partition coefficient (Wildman–Crippen LogP) is 2.55. The van der Waals surface area contributed by atoms with E-state index in [2.05, 4.69) is 4.57 Å². The summed E-state index contributed by atoms with van der Waals surface area (Å²) in [6.45, 7) is 7.37. The molecule has 8 nitrogen and oxygen atoms in total. The molecule has 0 atom stereocenters. The van der Waals surface area contributed by atoms with Crippen molar-refractivity contribution in [2.24, 2.45) is 0 Å². The first kappa shape index (κ1) is 21.4. The molecule has 1 fully saturated rings. The van der Waals surface area contributed by atoms with E-state index in [4.69, 9.17) is 9.47 Å². The van der Waals surface area contributed by atoms with Gasteiger partial charge in [-0.3, -0.25) is 4.79 Å². The molecule has 2 aromatic rings. The minimum atomic E-state index is -0.541. The molecule has 0 spiro atoms. The standard InChI is InChI=1S/C22H27N3O5/c1-4-29-22(28)24-13-11-23(12-14-24)20(26)15-30-21(27)18-7-9-19(10-8-18)25-16(2)5-6-17(25)3/h5-10H,4,11-15H2,1-3H3. The molecule has 1 aromatic carbocycles. The van der Waals surface area contributed by atoms with E-state index in [0.29, 0.717) is 38.3 Å². The normalized spacial score (nSPS) is 13.8. The van der Waals surface area contributed by atoms with Gasteiger partial charge in [0.05, 0.1) is 12.2 Å². The molecule has 0 N–H and O–H groups in total. The van der Waals surface area contributed by atoms with Crippen molar-refractivity contribution in [3.63, 3.8) is 0 Å².